The van der Waals surface area contributed by atoms with Crippen molar-refractivity contribution in [2.45, 2.75) is 31.7 Å². The molecule has 0 amide bonds. The molecular formula is C12H15N3O5S. The normalized spacial score (nSPS) is 13.3. The van der Waals surface area contributed by atoms with Gasteiger partial charge in [-0.2, -0.15) is 0 Å². The van der Waals surface area contributed by atoms with Crippen LogP contribution in [0.15, 0.2) is 21.7 Å². The third kappa shape index (κ3) is 2.98. The summed E-state index contributed by atoms with van der Waals surface area (Å²) in [6, 6.07) is 0.509. The van der Waals surface area contributed by atoms with Gasteiger partial charge in [0, 0.05) is 17.8 Å². The SMILES string of the molecule is Cc1noc(C)c1C(C)NS(=O)(=O)c1c[nH]c(C(=O)O)c1. The van der Waals surface area contributed by atoms with E-state index in [1.807, 2.05) is 0 Å². The zero-order valence-electron chi connectivity index (χ0n) is 11.7. The lowest BCUT2D eigenvalue weighted by molar-refractivity contribution is 0.0691. The molecule has 2 aromatic heterocycles. The largest absolute Gasteiger partial charge is 0.477 e. The standard InChI is InChI=1S/C12H15N3O5S/c1-6-11(8(3)20-14-6)7(2)15-21(18,19)9-4-10(12(16)17)13-5-9/h4-5,7,13,15H,1-3H3,(H,16,17). The first-order valence-corrected chi connectivity index (χ1v) is 7.57. The molecule has 0 radical (unpaired) electrons. The Balaban J connectivity index is 2.26. The Kier molecular flexibility index (Phi) is 3.88. The number of nitrogens with zero attached hydrogens (tertiary/aromatic N) is 1. The summed E-state index contributed by atoms with van der Waals surface area (Å²) in [5.41, 5.74) is 1.07. The Hall–Kier alpha value is -2.13. The van der Waals surface area contributed by atoms with E-state index in [9.17, 15) is 13.2 Å². The molecule has 0 fully saturated rings. The molecule has 0 aliphatic heterocycles. The van der Waals surface area contributed by atoms with E-state index in [2.05, 4.69) is 14.9 Å². The average molecular weight is 313 g/mol. The van der Waals surface area contributed by atoms with E-state index < -0.39 is 22.0 Å². The minimum atomic E-state index is -3.85. The van der Waals surface area contributed by atoms with Gasteiger partial charge in [-0.25, -0.2) is 17.9 Å². The Morgan fingerprint density at radius 1 is 1.48 bits per heavy atom. The molecule has 2 heterocycles. The number of aromatic carboxylic acids is 1. The fraction of sp³-hybridized carbons (Fsp3) is 0.333. The van der Waals surface area contributed by atoms with Crippen LogP contribution in [0.1, 0.15) is 40.5 Å². The van der Waals surface area contributed by atoms with Gasteiger partial charge >= 0.3 is 5.97 Å². The van der Waals surface area contributed by atoms with Crippen molar-refractivity contribution in [3.63, 3.8) is 0 Å². The van der Waals surface area contributed by atoms with Crippen LogP contribution in [0, 0.1) is 13.8 Å². The van der Waals surface area contributed by atoms with Crippen molar-refractivity contribution >= 4 is 16.0 Å². The van der Waals surface area contributed by atoms with Crippen LogP contribution < -0.4 is 4.72 Å². The second kappa shape index (κ2) is 5.34. The van der Waals surface area contributed by atoms with Gasteiger partial charge in [0.2, 0.25) is 10.0 Å². The molecule has 9 heteroatoms. The van der Waals surface area contributed by atoms with Crippen LogP contribution in [0.2, 0.25) is 0 Å². The Morgan fingerprint density at radius 2 is 2.14 bits per heavy atom. The predicted molar refractivity (Wildman–Crippen MR) is 72.5 cm³/mol. The summed E-state index contributed by atoms with van der Waals surface area (Å²) in [5.74, 6) is -0.696. The van der Waals surface area contributed by atoms with Gasteiger partial charge in [-0.05, 0) is 26.8 Å². The highest BCUT2D eigenvalue weighted by Crippen LogP contribution is 2.23. The van der Waals surface area contributed by atoms with E-state index in [-0.39, 0.29) is 10.6 Å². The zero-order valence-corrected chi connectivity index (χ0v) is 12.5. The van der Waals surface area contributed by atoms with Crippen molar-refractivity contribution in [3.8, 4) is 0 Å². The molecule has 0 bridgehead atoms. The molecule has 0 saturated heterocycles. The molecule has 114 valence electrons. The molecule has 2 rings (SSSR count). The van der Waals surface area contributed by atoms with E-state index in [4.69, 9.17) is 9.63 Å². The fourth-order valence-corrected chi connectivity index (χ4v) is 3.33. The van der Waals surface area contributed by atoms with Crippen molar-refractivity contribution in [1.29, 1.82) is 0 Å². The molecule has 0 aliphatic carbocycles. The van der Waals surface area contributed by atoms with Crippen molar-refractivity contribution < 1.29 is 22.8 Å². The highest BCUT2D eigenvalue weighted by molar-refractivity contribution is 7.89. The Morgan fingerprint density at radius 3 is 2.62 bits per heavy atom. The topological polar surface area (TPSA) is 125 Å². The van der Waals surface area contributed by atoms with Crippen LogP contribution in [0.4, 0.5) is 0 Å². The maximum absolute atomic E-state index is 12.2. The van der Waals surface area contributed by atoms with Gasteiger partial charge in [0.25, 0.3) is 0 Å². The van der Waals surface area contributed by atoms with Crippen LogP contribution >= 0.6 is 0 Å². The number of carbonyl (C=O) groups is 1. The van der Waals surface area contributed by atoms with Crippen LogP contribution in [-0.2, 0) is 10.0 Å². The van der Waals surface area contributed by atoms with Crippen molar-refractivity contribution in [2.75, 3.05) is 0 Å². The molecule has 0 aliphatic rings. The Labute approximate surface area is 121 Å². The minimum absolute atomic E-state index is 0.140. The van der Waals surface area contributed by atoms with E-state index >= 15 is 0 Å². The molecule has 1 unspecified atom stereocenters. The number of aromatic amines is 1. The second-order valence-corrected chi connectivity index (χ2v) is 6.35. The average Bonchev–Trinajstić information content (AvgIpc) is 2.96. The van der Waals surface area contributed by atoms with Gasteiger partial charge in [-0.1, -0.05) is 5.16 Å². The molecular weight excluding hydrogens is 298 g/mol. The third-order valence-electron chi connectivity index (χ3n) is 3.05. The van der Waals surface area contributed by atoms with E-state index in [0.717, 1.165) is 12.3 Å². The minimum Gasteiger partial charge on any atom is -0.477 e. The highest BCUT2D eigenvalue weighted by atomic mass is 32.2. The summed E-state index contributed by atoms with van der Waals surface area (Å²) in [6.07, 6.45) is 1.13. The van der Waals surface area contributed by atoms with Gasteiger partial charge in [0.15, 0.2) is 0 Å². The maximum atomic E-state index is 12.2. The predicted octanol–water partition coefficient (Wildman–Crippen LogP) is 1.36. The first kappa shape index (κ1) is 15.3. The molecule has 21 heavy (non-hydrogen) atoms. The first-order valence-electron chi connectivity index (χ1n) is 6.09. The molecule has 8 nitrogen and oxygen atoms in total. The second-order valence-electron chi connectivity index (χ2n) is 4.64. The summed E-state index contributed by atoms with van der Waals surface area (Å²) < 4.78 is 31.9. The first-order chi connectivity index (χ1) is 9.72. The van der Waals surface area contributed by atoms with Gasteiger partial charge in [0.05, 0.1) is 5.69 Å². The highest BCUT2D eigenvalue weighted by Gasteiger charge is 2.24. The fourth-order valence-electron chi connectivity index (χ4n) is 2.12. The van der Waals surface area contributed by atoms with Crippen LogP contribution in [0.5, 0.6) is 0 Å². The van der Waals surface area contributed by atoms with E-state index in [1.54, 1.807) is 20.8 Å². The van der Waals surface area contributed by atoms with Gasteiger partial charge < -0.3 is 14.6 Å². The third-order valence-corrected chi connectivity index (χ3v) is 4.57. The monoisotopic (exact) mass is 313 g/mol. The van der Waals surface area contributed by atoms with Crippen molar-refractivity contribution in [1.82, 2.24) is 14.9 Å². The number of hydrogen-bond donors (Lipinski definition) is 3. The summed E-state index contributed by atoms with van der Waals surface area (Å²) in [5, 5.41) is 12.6. The number of sulfonamides is 1. The quantitative estimate of drug-likeness (QED) is 0.765. The number of carboxylic acids is 1. The summed E-state index contributed by atoms with van der Waals surface area (Å²) in [7, 11) is -3.85. The smallest absolute Gasteiger partial charge is 0.352 e. The van der Waals surface area contributed by atoms with E-state index in [0.29, 0.717) is 17.0 Å². The molecule has 2 aromatic rings. The number of aryl methyl sites for hydroxylation is 2. The summed E-state index contributed by atoms with van der Waals surface area (Å²) in [6.45, 7) is 5.07. The lowest BCUT2D eigenvalue weighted by Gasteiger charge is -2.13. The summed E-state index contributed by atoms with van der Waals surface area (Å²) in [4.78, 5) is 13.0. The number of nitrogens with one attached hydrogen (secondary N) is 2. The Bertz CT molecular complexity index is 755. The zero-order chi connectivity index (χ0) is 15.8. The van der Waals surface area contributed by atoms with Crippen molar-refractivity contribution in [2.24, 2.45) is 0 Å². The summed E-state index contributed by atoms with van der Waals surface area (Å²) >= 11 is 0. The maximum Gasteiger partial charge on any atom is 0.352 e. The molecule has 0 saturated carbocycles. The van der Waals surface area contributed by atoms with Gasteiger partial charge in [-0.15, -0.1) is 0 Å². The number of carboxylic acid groups (broad SMARTS) is 1. The number of hydrogen-bond acceptors (Lipinski definition) is 5. The lowest BCUT2D eigenvalue weighted by Crippen LogP contribution is -2.27. The van der Waals surface area contributed by atoms with Crippen LogP contribution in [0.25, 0.3) is 0 Å². The number of rotatable bonds is 5. The van der Waals surface area contributed by atoms with E-state index in [1.165, 1.54) is 0 Å². The molecule has 0 spiro atoms. The van der Waals surface area contributed by atoms with Gasteiger partial charge in [-0.3, -0.25) is 0 Å². The molecule has 1 atom stereocenters. The van der Waals surface area contributed by atoms with Crippen molar-refractivity contribution in [3.05, 3.63) is 35.0 Å². The van der Waals surface area contributed by atoms with Crippen LogP contribution in [-0.4, -0.2) is 29.6 Å². The lowest BCUT2D eigenvalue weighted by atomic mass is 10.1. The van der Waals surface area contributed by atoms with Crippen LogP contribution in [0.3, 0.4) is 0 Å². The van der Waals surface area contributed by atoms with Gasteiger partial charge in [0.1, 0.15) is 16.3 Å². The molecule has 3 N–H and O–H groups in total. The molecule has 0 aromatic carbocycles. The number of H-pyrrole nitrogens is 1. The number of aromatic nitrogens is 2.